The monoisotopic (exact) mass is 310 g/mol. The van der Waals surface area contributed by atoms with E-state index >= 15 is 0 Å². The Kier molecular flexibility index (Phi) is 3.90. The number of pyridine rings is 1. The molecule has 0 saturated carbocycles. The van der Waals surface area contributed by atoms with Crippen LogP contribution in [0.1, 0.15) is 16.1 Å². The zero-order valence-electron chi connectivity index (χ0n) is 10.9. The summed E-state index contributed by atoms with van der Waals surface area (Å²) in [5.74, 6) is -1.91. The van der Waals surface area contributed by atoms with E-state index in [9.17, 15) is 17.6 Å². The molecule has 8 heteroatoms. The van der Waals surface area contributed by atoms with E-state index in [0.717, 1.165) is 18.2 Å². The molecule has 2 rings (SSSR count). The van der Waals surface area contributed by atoms with Gasteiger partial charge in [-0.05, 0) is 42.8 Å². The van der Waals surface area contributed by atoms with Gasteiger partial charge < -0.3 is 5.11 Å². The molecule has 1 heterocycles. The Balaban J connectivity index is 2.45. The minimum absolute atomic E-state index is 0.135. The van der Waals surface area contributed by atoms with Gasteiger partial charge in [-0.3, -0.25) is 4.72 Å². The average Bonchev–Trinajstić information content (AvgIpc) is 2.37. The summed E-state index contributed by atoms with van der Waals surface area (Å²) in [4.78, 5) is 14.5. The van der Waals surface area contributed by atoms with Gasteiger partial charge in [0, 0.05) is 6.20 Å². The summed E-state index contributed by atoms with van der Waals surface area (Å²) in [7, 11) is -4.04. The van der Waals surface area contributed by atoms with Gasteiger partial charge in [0.15, 0.2) is 5.69 Å². The second-order valence-corrected chi connectivity index (χ2v) is 5.87. The van der Waals surface area contributed by atoms with E-state index in [-0.39, 0.29) is 16.1 Å². The van der Waals surface area contributed by atoms with Crippen LogP contribution < -0.4 is 4.72 Å². The molecule has 0 fully saturated rings. The van der Waals surface area contributed by atoms with Gasteiger partial charge in [0.2, 0.25) is 0 Å². The molecule has 0 bridgehead atoms. The van der Waals surface area contributed by atoms with Crippen molar-refractivity contribution in [3.05, 3.63) is 53.6 Å². The summed E-state index contributed by atoms with van der Waals surface area (Å²) >= 11 is 0. The van der Waals surface area contributed by atoms with Crippen LogP contribution in [0.3, 0.4) is 0 Å². The van der Waals surface area contributed by atoms with Crippen LogP contribution in [0.2, 0.25) is 0 Å². The van der Waals surface area contributed by atoms with E-state index in [1.54, 1.807) is 0 Å². The van der Waals surface area contributed by atoms with Crippen molar-refractivity contribution >= 4 is 21.7 Å². The molecule has 0 saturated heterocycles. The molecule has 1 aromatic carbocycles. The molecule has 0 aliphatic heterocycles. The predicted molar refractivity (Wildman–Crippen MR) is 73.1 cm³/mol. The van der Waals surface area contributed by atoms with Crippen LogP contribution in [0.5, 0.6) is 0 Å². The first-order valence-corrected chi connectivity index (χ1v) is 7.27. The number of carboxylic acids is 1. The normalized spacial score (nSPS) is 11.1. The lowest BCUT2D eigenvalue weighted by molar-refractivity contribution is 0.0692. The lowest BCUT2D eigenvalue weighted by Gasteiger charge is -2.11. The number of anilines is 1. The third-order valence-electron chi connectivity index (χ3n) is 2.68. The Morgan fingerprint density at radius 3 is 2.67 bits per heavy atom. The maximum absolute atomic E-state index is 13.0. The Labute approximate surface area is 120 Å². The van der Waals surface area contributed by atoms with Gasteiger partial charge in [-0.2, -0.15) is 0 Å². The zero-order valence-corrected chi connectivity index (χ0v) is 11.7. The van der Waals surface area contributed by atoms with Gasteiger partial charge in [-0.15, -0.1) is 0 Å². The Morgan fingerprint density at radius 1 is 1.33 bits per heavy atom. The number of sulfonamides is 1. The van der Waals surface area contributed by atoms with Crippen LogP contribution in [0.4, 0.5) is 10.1 Å². The van der Waals surface area contributed by atoms with Crippen LogP contribution in [0, 0.1) is 12.7 Å². The minimum atomic E-state index is -4.04. The van der Waals surface area contributed by atoms with Gasteiger partial charge >= 0.3 is 5.97 Å². The minimum Gasteiger partial charge on any atom is -0.476 e. The van der Waals surface area contributed by atoms with Crippen molar-refractivity contribution in [3.8, 4) is 0 Å². The van der Waals surface area contributed by atoms with Gasteiger partial charge in [0.1, 0.15) is 5.82 Å². The highest BCUT2D eigenvalue weighted by Gasteiger charge is 2.21. The number of carboxylic acid groups (broad SMARTS) is 1. The molecule has 6 nitrogen and oxygen atoms in total. The Hall–Kier alpha value is -2.48. The van der Waals surface area contributed by atoms with E-state index < -0.39 is 27.5 Å². The highest BCUT2D eigenvalue weighted by molar-refractivity contribution is 7.92. The number of nitrogens with zero attached hydrogens (tertiary/aromatic N) is 1. The van der Waals surface area contributed by atoms with Crippen molar-refractivity contribution in [2.45, 2.75) is 11.8 Å². The summed E-state index contributed by atoms with van der Waals surface area (Å²) < 4.78 is 39.7. The number of halogens is 1. The fourth-order valence-electron chi connectivity index (χ4n) is 1.77. The van der Waals surface area contributed by atoms with E-state index in [2.05, 4.69) is 9.71 Å². The van der Waals surface area contributed by atoms with Gasteiger partial charge in [-0.1, -0.05) is 0 Å². The first kappa shape index (κ1) is 14.9. The van der Waals surface area contributed by atoms with E-state index in [1.165, 1.54) is 25.3 Å². The number of hydrogen-bond acceptors (Lipinski definition) is 4. The van der Waals surface area contributed by atoms with Gasteiger partial charge in [0.25, 0.3) is 10.0 Å². The first-order valence-electron chi connectivity index (χ1n) is 5.78. The summed E-state index contributed by atoms with van der Waals surface area (Å²) in [5, 5.41) is 8.98. The van der Waals surface area contributed by atoms with Gasteiger partial charge in [0.05, 0.1) is 10.6 Å². The van der Waals surface area contributed by atoms with Crippen molar-refractivity contribution in [2.75, 3.05) is 4.72 Å². The maximum Gasteiger partial charge on any atom is 0.356 e. The molecule has 0 atom stereocenters. The van der Waals surface area contributed by atoms with Crippen molar-refractivity contribution in [3.63, 3.8) is 0 Å². The van der Waals surface area contributed by atoms with Crippen LogP contribution in [-0.4, -0.2) is 24.5 Å². The third kappa shape index (κ3) is 3.16. The number of nitrogens with one attached hydrogen (secondary N) is 1. The highest BCUT2D eigenvalue weighted by Crippen LogP contribution is 2.21. The van der Waals surface area contributed by atoms with E-state index in [4.69, 9.17) is 5.11 Å². The summed E-state index contributed by atoms with van der Waals surface area (Å²) in [6.07, 6.45) is 1.24. The SMILES string of the molecule is Cc1cc(F)ccc1S(=O)(=O)Nc1cccnc1C(=O)O. The quantitative estimate of drug-likeness (QED) is 0.900. The van der Waals surface area contributed by atoms with Crippen LogP contribution in [0.25, 0.3) is 0 Å². The number of aromatic nitrogens is 1. The van der Waals surface area contributed by atoms with Crippen molar-refractivity contribution in [1.82, 2.24) is 4.98 Å². The molecule has 110 valence electrons. The highest BCUT2D eigenvalue weighted by atomic mass is 32.2. The lowest BCUT2D eigenvalue weighted by atomic mass is 10.2. The van der Waals surface area contributed by atoms with Gasteiger partial charge in [-0.25, -0.2) is 22.6 Å². The Bertz CT molecular complexity index is 806. The van der Waals surface area contributed by atoms with Crippen molar-refractivity contribution in [1.29, 1.82) is 0 Å². The smallest absolute Gasteiger partial charge is 0.356 e. The summed E-state index contributed by atoms with van der Waals surface area (Å²) in [6.45, 7) is 1.44. The summed E-state index contributed by atoms with van der Waals surface area (Å²) in [5.41, 5.74) is -0.363. The van der Waals surface area contributed by atoms with Crippen molar-refractivity contribution in [2.24, 2.45) is 0 Å². The van der Waals surface area contributed by atoms with Crippen molar-refractivity contribution < 1.29 is 22.7 Å². The standard InChI is InChI=1S/C13H11FN2O4S/c1-8-7-9(14)4-5-11(8)21(19,20)16-10-3-2-6-15-12(10)13(17)18/h2-7,16H,1H3,(H,17,18). The second kappa shape index (κ2) is 5.49. The topological polar surface area (TPSA) is 96.4 Å². The zero-order chi connectivity index (χ0) is 15.6. The molecular weight excluding hydrogens is 299 g/mol. The van der Waals surface area contributed by atoms with E-state index in [1.807, 2.05) is 0 Å². The van der Waals surface area contributed by atoms with Crippen LogP contribution in [0.15, 0.2) is 41.4 Å². The lowest BCUT2D eigenvalue weighted by Crippen LogP contribution is -2.17. The summed E-state index contributed by atoms with van der Waals surface area (Å²) in [6, 6.07) is 5.90. The maximum atomic E-state index is 13.0. The number of rotatable bonds is 4. The molecule has 0 aliphatic rings. The molecule has 21 heavy (non-hydrogen) atoms. The number of aromatic carboxylic acids is 1. The molecule has 2 aromatic rings. The average molecular weight is 310 g/mol. The molecule has 0 aliphatic carbocycles. The predicted octanol–water partition coefficient (Wildman–Crippen LogP) is 2.03. The van der Waals surface area contributed by atoms with E-state index in [0.29, 0.717) is 0 Å². The molecule has 0 radical (unpaired) electrons. The Morgan fingerprint density at radius 2 is 2.05 bits per heavy atom. The molecule has 0 unspecified atom stereocenters. The molecule has 1 aromatic heterocycles. The second-order valence-electron chi connectivity index (χ2n) is 4.22. The fourth-order valence-corrected chi connectivity index (χ4v) is 3.07. The molecule has 0 spiro atoms. The number of carbonyl (C=O) groups is 1. The number of aryl methyl sites for hydroxylation is 1. The third-order valence-corrected chi connectivity index (χ3v) is 4.21. The largest absolute Gasteiger partial charge is 0.476 e. The number of benzene rings is 1. The number of hydrogen-bond donors (Lipinski definition) is 2. The van der Waals surface area contributed by atoms with Crippen LogP contribution >= 0.6 is 0 Å². The van der Waals surface area contributed by atoms with Crippen LogP contribution in [-0.2, 0) is 10.0 Å². The fraction of sp³-hybridized carbons (Fsp3) is 0.0769. The molecule has 2 N–H and O–H groups in total. The molecular formula is C13H11FN2O4S. The first-order chi connectivity index (χ1) is 9.81. The molecule has 0 amide bonds.